The van der Waals surface area contributed by atoms with Crippen molar-refractivity contribution in [2.24, 2.45) is 0 Å². The SMILES string of the molecule is CCCNc1nc(N)ncc1/C=C/c1cccc(NC(=O)CN(C)C(=O)OC(C)(C)C)c1. The highest BCUT2D eigenvalue weighted by molar-refractivity contribution is 5.94. The van der Waals surface area contributed by atoms with Crippen molar-refractivity contribution >= 4 is 41.6 Å². The number of anilines is 3. The van der Waals surface area contributed by atoms with Crippen LogP contribution in [-0.4, -0.2) is 52.6 Å². The van der Waals surface area contributed by atoms with Gasteiger partial charge in [-0.2, -0.15) is 4.98 Å². The van der Waals surface area contributed by atoms with Crippen LogP contribution in [-0.2, 0) is 9.53 Å². The molecule has 2 amide bonds. The number of carbonyl (C=O) groups excluding carboxylic acids is 2. The zero-order valence-corrected chi connectivity index (χ0v) is 19.3. The summed E-state index contributed by atoms with van der Waals surface area (Å²) in [6.07, 6.45) is 5.85. The molecule has 1 aromatic carbocycles. The van der Waals surface area contributed by atoms with E-state index in [1.165, 1.54) is 11.9 Å². The van der Waals surface area contributed by atoms with Gasteiger partial charge in [-0.1, -0.05) is 25.1 Å². The molecular weight excluding hydrogens is 408 g/mol. The minimum absolute atomic E-state index is 0.121. The van der Waals surface area contributed by atoms with E-state index in [2.05, 4.69) is 27.5 Å². The topological polar surface area (TPSA) is 122 Å². The van der Waals surface area contributed by atoms with Gasteiger partial charge in [0.05, 0.1) is 0 Å². The second-order valence-corrected chi connectivity index (χ2v) is 8.30. The number of rotatable bonds is 8. The predicted molar refractivity (Wildman–Crippen MR) is 128 cm³/mol. The third kappa shape index (κ3) is 8.25. The summed E-state index contributed by atoms with van der Waals surface area (Å²) >= 11 is 0. The molecule has 9 heteroatoms. The van der Waals surface area contributed by atoms with Gasteiger partial charge in [0, 0.05) is 31.0 Å². The Hall–Kier alpha value is -3.62. The second-order valence-electron chi connectivity index (χ2n) is 8.30. The van der Waals surface area contributed by atoms with Gasteiger partial charge in [0.15, 0.2) is 0 Å². The predicted octanol–water partition coefficient (Wildman–Crippen LogP) is 3.86. The molecule has 0 aliphatic heterocycles. The first-order valence-corrected chi connectivity index (χ1v) is 10.5. The van der Waals surface area contributed by atoms with Crippen molar-refractivity contribution in [1.29, 1.82) is 0 Å². The zero-order chi connectivity index (χ0) is 23.7. The van der Waals surface area contributed by atoms with Crippen LogP contribution in [0.4, 0.5) is 22.2 Å². The maximum atomic E-state index is 12.3. The number of nitrogen functional groups attached to an aromatic ring is 1. The van der Waals surface area contributed by atoms with E-state index in [9.17, 15) is 9.59 Å². The van der Waals surface area contributed by atoms with Crippen LogP contribution < -0.4 is 16.4 Å². The minimum Gasteiger partial charge on any atom is -0.444 e. The Bertz CT molecular complexity index is 968. The number of nitrogens with zero attached hydrogens (tertiary/aromatic N) is 3. The van der Waals surface area contributed by atoms with Crippen molar-refractivity contribution in [3.05, 3.63) is 41.6 Å². The van der Waals surface area contributed by atoms with Crippen LogP contribution in [0.5, 0.6) is 0 Å². The molecule has 4 N–H and O–H groups in total. The molecule has 0 radical (unpaired) electrons. The molecule has 1 heterocycles. The van der Waals surface area contributed by atoms with E-state index < -0.39 is 11.7 Å². The average Bonchev–Trinajstić information content (AvgIpc) is 2.70. The molecule has 1 aromatic heterocycles. The number of hydrogen-bond acceptors (Lipinski definition) is 7. The molecule has 32 heavy (non-hydrogen) atoms. The van der Waals surface area contributed by atoms with Crippen molar-refractivity contribution in [3.63, 3.8) is 0 Å². The Kier molecular flexibility index (Phi) is 8.57. The number of nitrogens with two attached hydrogens (primary N) is 1. The Morgan fingerprint density at radius 1 is 1.25 bits per heavy atom. The molecule has 0 saturated carbocycles. The molecule has 0 saturated heterocycles. The molecular formula is C23H32N6O3. The summed E-state index contributed by atoms with van der Waals surface area (Å²) in [6.45, 7) is 8.05. The minimum atomic E-state index is -0.621. The smallest absolute Gasteiger partial charge is 0.410 e. The average molecular weight is 441 g/mol. The van der Waals surface area contributed by atoms with E-state index in [1.54, 1.807) is 33.0 Å². The lowest BCUT2D eigenvalue weighted by Gasteiger charge is -2.24. The molecule has 172 valence electrons. The van der Waals surface area contributed by atoms with Crippen LogP contribution in [0.25, 0.3) is 12.2 Å². The van der Waals surface area contributed by atoms with Gasteiger partial charge in [0.1, 0.15) is 18.0 Å². The van der Waals surface area contributed by atoms with Crippen molar-refractivity contribution in [2.75, 3.05) is 36.5 Å². The fourth-order valence-corrected chi connectivity index (χ4v) is 2.64. The van der Waals surface area contributed by atoms with Crippen molar-refractivity contribution < 1.29 is 14.3 Å². The van der Waals surface area contributed by atoms with Gasteiger partial charge in [-0.15, -0.1) is 0 Å². The molecule has 2 rings (SSSR count). The Balaban J connectivity index is 2.03. The van der Waals surface area contributed by atoms with Crippen molar-refractivity contribution in [2.45, 2.75) is 39.7 Å². The number of amides is 2. The first kappa shape index (κ1) is 24.6. The van der Waals surface area contributed by atoms with Gasteiger partial charge >= 0.3 is 6.09 Å². The number of carbonyl (C=O) groups is 2. The highest BCUT2D eigenvalue weighted by atomic mass is 16.6. The Morgan fingerprint density at radius 3 is 2.69 bits per heavy atom. The van der Waals surface area contributed by atoms with E-state index in [1.807, 2.05) is 30.4 Å². The van der Waals surface area contributed by atoms with Crippen LogP contribution in [0, 0.1) is 0 Å². The van der Waals surface area contributed by atoms with Gasteiger partial charge in [0.25, 0.3) is 0 Å². The summed E-state index contributed by atoms with van der Waals surface area (Å²) < 4.78 is 5.26. The maximum absolute atomic E-state index is 12.3. The first-order valence-electron chi connectivity index (χ1n) is 10.5. The van der Waals surface area contributed by atoms with Gasteiger partial charge in [-0.05, 0) is 51.0 Å². The molecule has 0 fully saturated rings. The fourth-order valence-electron chi connectivity index (χ4n) is 2.64. The van der Waals surface area contributed by atoms with Crippen LogP contribution in [0.1, 0.15) is 45.2 Å². The molecule has 0 bridgehead atoms. The van der Waals surface area contributed by atoms with E-state index in [4.69, 9.17) is 10.5 Å². The summed E-state index contributed by atoms with van der Waals surface area (Å²) in [5, 5.41) is 6.04. The standard InChI is InChI=1S/C23H32N6O3/c1-6-12-25-20-17(14-26-21(24)28-20)11-10-16-8-7-9-18(13-16)27-19(30)15-29(5)22(31)32-23(2,3)4/h7-11,13-14H,6,12,15H2,1-5H3,(H,27,30)(H3,24,25,26,28)/b11-10+. The highest BCUT2D eigenvalue weighted by Gasteiger charge is 2.21. The molecule has 0 spiro atoms. The van der Waals surface area contributed by atoms with Crippen LogP contribution in [0.15, 0.2) is 30.5 Å². The lowest BCUT2D eigenvalue weighted by atomic mass is 10.1. The van der Waals surface area contributed by atoms with E-state index in [0.29, 0.717) is 11.5 Å². The Labute approximate surface area is 189 Å². The van der Waals surface area contributed by atoms with E-state index >= 15 is 0 Å². The normalized spacial score (nSPS) is 11.3. The molecule has 0 unspecified atom stereocenters. The van der Waals surface area contributed by atoms with Gasteiger partial charge in [-0.25, -0.2) is 9.78 Å². The number of ether oxygens (including phenoxy) is 1. The summed E-state index contributed by atoms with van der Waals surface area (Å²) in [5.74, 6) is 0.560. The van der Waals surface area contributed by atoms with Gasteiger partial charge in [-0.3, -0.25) is 4.79 Å². The molecule has 9 nitrogen and oxygen atoms in total. The summed E-state index contributed by atoms with van der Waals surface area (Å²) in [5.41, 5.74) is 7.38. The Morgan fingerprint density at radius 2 is 2.00 bits per heavy atom. The third-order valence-corrected chi connectivity index (χ3v) is 4.09. The lowest BCUT2D eigenvalue weighted by Crippen LogP contribution is -2.38. The molecule has 2 aromatic rings. The summed E-state index contributed by atoms with van der Waals surface area (Å²) in [6, 6.07) is 7.36. The fraction of sp³-hybridized carbons (Fsp3) is 0.391. The van der Waals surface area contributed by atoms with Crippen LogP contribution in [0.3, 0.4) is 0 Å². The zero-order valence-electron chi connectivity index (χ0n) is 19.3. The summed E-state index contributed by atoms with van der Waals surface area (Å²) in [7, 11) is 1.52. The van der Waals surface area contributed by atoms with Gasteiger partial charge < -0.3 is 26.0 Å². The molecule has 0 atom stereocenters. The van der Waals surface area contributed by atoms with E-state index in [0.717, 1.165) is 24.1 Å². The molecule has 0 aliphatic carbocycles. The van der Waals surface area contributed by atoms with Gasteiger partial charge in [0.2, 0.25) is 11.9 Å². The number of hydrogen-bond donors (Lipinski definition) is 3. The van der Waals surface area contributed by atoms with Crippen LogP contribution in [0.2, 0.25) is 0 Å². The first-order chi connectivity index (χ1) is 15.1. The van der Waals surface area contributed by atoms with E-state index in [-0.39, 0.29) is 18.4 Å². The number of likely N-dealkylation sites (N-methyl/N-ethyl adjacent to an activating group) is 1. The second kappa shape index (κ2) is 11.1. The maximum Gasteiger partial charge on any atom is 0.410 e. The number of nitrogens with one attached hydrogen (secondary N) is 2. The number of benzene rings is 1. The highest BCUT2D eigenvalue weighted by Crippen LogP contribution is 2.18. The largest absolute Gasteiger partial charge is 0.444 e. The monoisotopic (exact) mass is 440 g/mol. The third-order valence-electron chi connectivity index (χ3n) is 4.09. The number of aromatic nitrogens is 2. The quantitative estimate of drug-likeness (QED) is 0.570. The van der Waals surface area contributed by atoms with Crippen molar-refractivity contribution in [1.82, 2.24) is 14.9 Å². The molecule has 0 aliphatic rings. The van der Waals surface area contributed by atoms with Crippen molar-refractivity contribution in [3.8, 4) is 0 Å². The van der Waals surface area contributed by atoms with Crippen LogP contribution >= 0.6 is 0 Å². The lowest BCUT2D eigenvalue weighted by molar-refractivity contribution is -0.117. The summed E-state index contributed by atoms with van der Waals surface area (Å²) in [4.78, 5) is 33.9.